The van der Waals surface area contributed by atoms with E-state index >= 15 is 0 Å². The van der Waals surface area contributed by atoms with E-state index in [4.69, 9.17) is 16.7 Å². The van der Waals surface area contributed by atoms with Crippen LogP contribution in [-0.4, -0.2) is 30.1 Å². The summed E-state index contributed by atoms with van der Waals surface area (Å²) < 4.78 is 23.0. The van der Waals surface area contributed by atoms with Crippen molar-refractivity contribution in [3.05, 3.63) is 58.4 Å². The maximum absolute atomic E-state index is 11.9. The maximum atomic E-state index is 11.9. The first-order valence-electron chi connectivity index (χ1n) is 7.34. The summed E-state index contributed by atoms with van der Waals surface area (Å²) in [5, 5.41) is 28.8. The van der Waals surface area contributed by atoms with E-state index in [2.05, 4.69) is 0 Å². The highest BCUT2D eigenvalue weighted by Gasteiger charge is 2.22. The van der Waals surface area contributed by atoms with Gasteiger partial charge < -0.3 is 15.3 Å². The molecule has 0 saturated carbocycles. The fraction of sp³-hybridized carbons (Fsp3) is 0. The fourth-order valence-electron chi connectivity index (χ4n) is 2.45. The zero-order valence-electron chi connectivity index (χ0n) is 13.4. The standard InChI is InChI=1S/C17H12ClNO6S2/c18-16-13(9-2-1-3-11(20)6-9)8-15(26-16)19(27(24)25)10-4-5-12(17(22)23)14(21)7-10/h1-8,20-21H,(H,22,23)(H,24,25). The average molecular weight is 426 g/mol. The molecule has 0 fully saturated rings. The van der Waals surface area contributed by atoms with E-state index in [9.17, 15) is 23.8 Å². The van der Waals surface area contributed by atoms with Crippen LogP contribution in [0.3, 0.4) is 0 Å². The molecule has 0 amide bonds. The zero-order valence-corrected chi connectivity index (χ0v) is 15.8. The number of carboxylic acid groups (broad SMARTS) is 1. The molecular formula is C17H12ClNO6S2. The molecule has 3 aromatic rings. The van der Waals surface area contributed by atoms with E-state index in [0.29, 0.717) is 20.5 Å². The molecule has 1 unspecified atom stereocenters. The van der Waals surface area contributed by atoms with Gasteiger partial charge in [-0.25, -0.2) is 13.3 Å². The third kappa shape index (κ3) is 3.91. The highest BCUT2D eigenvalue weighted by Crippen LogP contribution is 2.44. The lowest BCUT2D eigenvalue weighted by molar-refractivity contribution is 0.0693. The molecule has 0 saturated heterocycles. The second-order valence-corrected chi connectivity index (χ2v) is 7.81. The van der Waals surface area contributed by atoms with Crippen molar-refractivity contribution in [2.24, 2.45) is 0 Å². The Labute approximate surface area is 165 Å². The van der Waals surface area contributed by atoms with Crippen LogP contribution in [0.2, 0.25) is 4.34 Å². The van der Waals surface area contributed by atoms with Crippen molar-refractivity contribution in [1.82, 2.24) is 0 Å². The molecule has 10 heteroatoms. The second kappa shape index (κ2) is 7.57. The van der Waals surface area contributed by atoms with Crippen LogP contribution in [0.5, 0.6) is 11.5 Å². The van der Waals surface area contributed by atoms with Crippen LogP contribution in [-0.2, 0) is 11.3 Å². The predicted molar refractivity (Wildman–Crippen MR) is 104 cm³/mol. The summed E-state index contributed by atoms with van der Waals surface area (Å²) >= 11 is 4.78. The number of aromatic hydroxyl groups is 2. The number of halogens is 1. The minimum Gasteiger partial charge on any atom is -0.508 e. The maximum Gasteiger partial charge on any atom is 0.339 e. The van der Waals surface area contributed by atoms with Gasteiger partial charge in [-0.3, -0.25) is 4.55 Å². The number of carbonyl (C=O) groups is 1. The molecule has 0 radical (unpaired) electrons. The van der Waals surface area contributed by atoms with E-state index < -0.39 is 23.0 Å². The summed E-state index contributed by atoms with van der Waals surface area (Å²) in [5.41, 5.74) is 0.954. The summed E-state index contributed by atoms with van der Waals surface area (Å²) in [6.45, 7) is 0. The summed E-state index contributed by atoms with van der Waals surface area (Å²) in [5.74, 6) is -1.81. The summed E-state index contributed by atoms with van der Waals surface area (Å²) in [6, 6.07) is 11.5. The average Bonchev–Trinajstić information content (AvgIpc) is 2.95. The molecule has 1 heterocycles. The Hall–Kier alpha value is -2.59. The van der Waals surface area contributed by atoms with Crippen molar-refractivity contribution in [3.63, 3.8) is 0 Å². The van der Waals surface area contributed by atoms with E-state index in [-0.39, 0.29) is 17.0 Å². The Balaban J connectivity index is 2.07. The predicted octanol–water partition coefficient (Wildman–Crippen LogP) is 4.45. The third-order valence-corrected chi connectivity index (χ3v) is 5.81. The van der Waals surface area contributed by atoms with Crippen LogP contribution in [0.15, 0.2) is 48.5 Å². The first-order chi connectivity index (χ1) is 12.8. The molecular weight excluding hydrogens is 414 g/mol. The highest BCUT2D eigenvalue weighted by atomic mass is 35.5. The summed E-state index contributed by atoms with van der Waals surface area (Å²) in [7, 11) is 0. The lowest BCUT2D eigenvalue weighted by Crippen LogP contribution is -2.18. The first kappa shape index (κ1) is 19.2. The Morgan fingerprint density at radius 1 is 1.11 bits per heavy atom. The molecule has 0 spiro atoms. The molecule has 1 atom stereocenters. The van der Waals surface area contributed by atoms with E-state index in [1.165, 1.54) is 18.2 Å². The quantitative estimate of drug-likeness (QED) is 0.448. The van der Waals surface area contributed by atoms with Gasteiger partial charge in [-0.05, 0) is 35.9 Å². The minimum atomic E-state index is -2.51. The normalized spacial score (nSPS) is 11.9. The van der Waals surface area contributed by atoms with Gasteiger partial charge in [-0.15, -0.1) is 11.3 Å². The number of thiophene rings is 1. The molecule has 0 aliphatic rings. The Kier molecular flexibility index (Phi) is 5.38. The number of phenols is 2. The molecule has 0 bridgehead atoms. The summed E-state index contributed by atoms with van der Waals surface area (Å²) in [6.07, 6.45) is 0. The van der Waals surface area contributed by atoms with Crippen LogP contribution in [0.1, 0.15) is 10.4 Å². The number of hydrogen-bond donors (Lipinski definition) is 4. The highest BCUT2D eigenvalue weighted by molar-refractivity contribution is 7.81. The van der Waals surface area contributed by atoms with Gasteiger partial charge in [0.05, 0.1) is 5.69 Å². The number of carboxylic acids is 1. The molecule has 27 heavy (non-hydrogen) atoms. The SMILES string of the molecule is O=C(O)c1ccc(N(c2cc(-c3cccc(O)c3)c(Cl)s2)S(=O)O)cc1O. The molecule has 2 aromatic carbocycles. The number of rotatable bonds is 5. The number of benzene rings is 2. The minimum absolute atomic E-state index is 0.0492. The van der Waals surface area contributed by atoms with E-state index in [1.54, 1.807) is 18.2 Å². The van der Waals surface area contributed by atoms with Gasteiger partial charge in [-0.1, -0.05) is 23.7 Å². The lowest BCUT2D eigenvalue weighted by atomic mass is 10.1. The van der Waals surface area contributed by atoms with Crippen LogP contribution in [0, 0.1) is 0 Å². The van der Waals surface area contributed by atoms with Crippen molar-refractivity contribution in [3.8, 4) is 22.6 Å². The van der Waals surface area contributed by atoms with Crippen LogP contribution >= 0.6 is 22.9 Å². The molecule has 7 nitrogen and oxygen atoms in total. The molecule has 0 aliphatic heterocycles. The Morgan fingerprint density at radius 2 is 1.85 bits per heavy atom. The van der Waals surface area contributed by atoms with Gasteiger partial charge in [-0.2, -0.15) is 0 Å². The fourth-order valence-corrected chi connectivity index (χ4v) is 4.49. The summed E-state index contributed by atoms with van der Waals surface area (Å²) in [4.78, 5) is 11.0. The molecule has 3 rings (SSSR count). The third-order valence-electron chi connectivity index (χ3n) is 3.63. The smallest absolute Gasteiger partial charge is 0.339 e. The number of nitrogens with zero attached hydrogens (tertiary/aromatic N) is 1. The van der Waals surface area contributed by atoms with Crippen molar-refractivity contribution in [1.29, 1.82) is 0 Å². The number of hydrogen-bond acceptors (Lipinski definition) is 5. The topological polar surface area (TPSA) is 118 Å². The molecule has 1 aromatic heterocycles. The van der Waals surface area contributed by atoms with Crippen molar-refractivity contribution in [2.45, 2.75) is 0 Å². The van der Waals surface area contributed by atoms with Crippen molar-refractivity contribution < 1.29 is 28.9 Å². The van der Waals surface area contributed by atoms with Crippen molar-refractivity contribution >= 4 is 50.9 Å². The number of aromatic carboxylic acids is 1. The van der Waals surface area contributed by atoms with Gasteiger partial charge >= 0.3 is 5.97 Å². The molecule has 0 aliphatic carbocycles. The van der Waals surface area contributed by atoms with Crippen LogP contribution in [0.4, 0.5) is 10.7 Å². The van der Waals surface area contributed by atoms with Gasteiger partial charge in [0.2, 0.25) is 0 Å². The largest absolute Gasteiger partial charge is 0.508 e. The van der Waals surface area contributed by atoms with E-state index in [1.807, 2.05) is 0 Å². The first-order valence-corrected chi connectivity index (χ1v) is 9.60. The second-order valence-electron chi connectivity index (χ2n) is 5.35. The van der Waals surface area contributed by atoms with Gasteiger partial charge in [0, 0.05) is 11.6 Å². The van der Waals surface area contributed by atoms with Crippen molar-refractivity contribution in [2.75, 3.05) is 4.31 Å². The van der Waals surface area contributed by atoms with Crippen LogP contribution < -0.4 is 4.31 Å². The number of phenolic OH excluding ortho intramolecular Hbond substituents is 1. The zero-order chi connectivity index (χ0) is 19.7. The Morgan fingerprint density at radius 3 is 2.44 bits per heavy atom. The van der Waals surface area contributed by atoms with Gasteiger partial charge in [0.25, 0.3) is 11.3 Å². The van der Waals surface area contributed by atoms with E-state index in [0.717, 1.165) is 27.8 Å². The van der Waals surface area contributed by atoms with Gasteiger partial charge in [0.15, 0.2) is 0 Å². The molecule has 140 valence electrons. The van der Waals surface area contributed by atoms with Crippen LogP contribution in [0.25, 0.3) is 11.1 Å². The Bertz CT molecular complexity index is 1050. The number of anilines is 2. The monoisotopic (exact) mass is 425 g/mol. The molecule has 4 N–H and O–H groups in total. The lowest BCUT2D eigenvalue weighted by Gasteiger charge is -2.18. The van der Waals surface area contributed by atoms with Gasteiger partial charge in [0.1, 0.15) is 26.4 Å².